The predicted octanol–water partition coefficient (Wildman–Crippen LogP) is 4.22. The summed E-state index contributed by atoms with van der Waals surface area (Å²) < 4.78 is 24.4. The molecule has 1 amide bonds. The van der Waals surface area contributed by atoms with Gasteiger partial charge in [-0.25, -0.2) is 8.42 Å². The van der Waals surface area contributed by atoms with Crippen molar-refractivity contribution < 1.29 is 13.2 Å². The second kappa shape index (κ2) is 12.5. The molecular formula is C24H34N2O3S. The first-order chi connectivity index (χ1) is 14.4. The third kappa shape index (κ3) is 8.28. The average molecular weight is 431 g/mol. The molecule has 0 saturated carbocycles. The van der Waals surface area contributed by atoms with Gasteiger partial charge >= 0.3 is 0 Å². The fraction of sp³-hybridized carbons (Fsp3) is 0.458. The number of benzene rings is 2. The molecule has 0 aliphatic heterocycles. The molecule has 2 rings (SSSR count). The zero-order valence-corrected chi connectivity index (χ0v) is 18.9. The molecule has 1 atom stereocenters. The first-order valence-corrected chi connectivity index (χ1v) is 12.3. The van der Waals surface area contributed by atoms with Crippen molar-refractivity contribution in [3.05, 3.63) is 66.2 Å². The number of hydrogen-bond donors (Lipinski definition) is 1. The van der Waals surface area contributed by atoms with Crippen LogP contribution in [0.3, 0.4) is 0 Å². The van der Waals surface area contributed by atoms with Gasteiger partial charge in [-0.05, 0) is 50.9 Å². The van der Waals surface area contributed by atoms with E-state index < -0.39 is 9.84 Å². The Kier molecular flexibility index (Phi) is 10.0. The zero-order valence-electron chi connectivity index (χ0n) is 18.1. The van der Waals surface area contributed by atoms with Crippen molar-refractivity contribution in [3.63, 3.8) is 0 Å². The van der Waals surface area contributed by atoms with E-state index in [-0.39, 0.29) is 11.7 Å². The predicted molar refractivity (Wildman–Crippen MR) is 122 cm³/mol. The molecular weight excluding hydrogens is 396 g/mol. The van der Waals surface area contributed by atoms with Crippen LogP contribution in [-0.2, 0) is 14.6 Å². The van der Waals surface area contributed by atoms with Crippen molar-refractivity contribution in [2.45, 2.75) is 50.0 Å². The highest BCUT2D eigenvalue weighted by Gasteiger charge is 2.13. The summed E-state index contributed by atoms with van der Waals surface area (Å²) in [6.45, 7) is 3.76. The molecule has 0 spiro atoms. The first kappa shape index (κ1) is 24.1. The standard InChI is InChI=1S/C24H34N2O3S/c1-21(22-13-6-3-7-14-22)26(2)19-12-18-25-24(27)17-10-5-11-20-30(28,29)23-15-8-4-9-16-23/h3-4,6-9,13-16,21H,5,10-12,17-20H2,1-2H3,(H,25,27)/t21-/m1/s1. The Morgan fingerprint density at radius 1 is 0.933 bits per heavy atom. The maximum Gasteiger partial charge on any atom is 0.219 e. The zero-order chi connectivity index (χ0) is 21.8. The van der Waals surface area contributed by atoms with Crippen LogP contribution >= 0.6 is 0 Å². The van der Waals surface area contributed by atoms with Gasteiger partial charge in [-0.15, -0.1) is 0 Å². The number of sulfone groups is 1. The van der Waals surface area contributed by atoms with Crippen LogP contribution in [0.1, 0.15) is 50.6 Å². The fourth-order valence-electron chi connectivity index (χ4n) is 3.32. The number of hydrogen-bond acceptors (Lipinski definition) is 4. The van der Waals surface area contributed by atoms with Gasteiger partial charge in [0.2, 0.25) is 5.91 Å². The van der Waals surface area contributed by atoms with E-state index in [0.717, 1.165) is 19.4 Å². The van der Waals surface area contributed by atoms with E-state index in [2.05, 4.69) is 48.5 Å². The summed E-state index contributed by atoms with van der Waals surface area (Å²) in [5, 5.41) is 2.97. The summed E-state index contributed by atoms with van der Waals surface area (Å²) in [6, 6.07) is 19.3. The van der Waals surface area contributed by atoms with E-state index in [0.29, 0.717) is 36.7 Å². The molecule has 6 heteroatoms. The molecule has 1 N–H and O–H groups in total. The number of rotatable bonds is 13. The number of carbonyl (C=O) groups is 1. The first-order valence-electron chi connectivity index (χ1n) is 10.7. The third-order valence-electron chi connectivity index (χ3n) is 5.37. The second-order valence-corrected chi connectivity index (χ2v) is 9.82. The molecule has 0 saturated heterocycles. The molecule has 2 aromatic carbocycles. The van der Waals surface area contributed by atoms with Crippen LogP contribution in [0.5, 0.6) is 0 Å². The maximum atomic E-state index is 12.2. The Bertz CT molecular complexity index is 855. The molecule has 0 fully saturated rings. The Morgan fingerprint density at radius 2 is 1.57 bits per heavy atom. The van der Waals surface area contributed by atoms with Gasteiger partial charge in [-0.3, -0.25) is 9.69 Å². The summed E-state index contributed by atoms with van der Waals surface area (Å²) in [6.07, 6.45) is 3.36. The lowest BCUT2D eigenvalue weighted by Crippen LogP contribution is -2.29. The Morgan fingerprint density at radius 3 is 2.23 bits per heavy atom. The van der Waals surface area contributed by atoms with E-state index in [1.165, 1.54) is 5.56 Å². The van der Waals surface area contributed by atoms with Crippen LogP contribution in [0.4, 0.5) is 0 Å². The highest BCUT2D eigenvalue weighted by Crippen LogP contribution is 2.18. The summed E-state index contributed by atoms with van der Waals surface area (Å²) >= 11 is 0. The molecule has 2 aromatic rings. The molecule has 0 bridgehead atoms. The maximum absolute atomic E-state index is 12.2. The highest BCUT2D eigenvalue weighted by atomic mass is 32.2. The van der Waals surface area contributed by atoms with E-state index >= 15 is 0 Å². The Labute approximate surface area is 181 Å². The number of unbranched alkanes of at least 4 members (excludes halogenated alkanes) is 2. The lowest BCUT2D eigenvalue weighted by molar-refractivity contribution is -0.121. The fourth-order valence-corrected chi connectivity index (χ4v) is 4.72. The SMILES string of the molecule is C[C@H](c1ccccc1)N(C)CCCNC(=O)CCCCCS(=O)(=O)c1ccccc1. The minimum absolute atomic E-state index is 0.0414. The van der Waals surface area contributed by atoms with Crippen molar-refractivity contribution in [1.82, 2.24) is 10.2 Å². The smallest absolute Gasteiger partial charge is 0.219 e. The second-order valence-electron chi connectivity index (χ2n) is 7.71. The molecule has 30 heavy (non-hydrogen) atoms. The number of amides is 1. The molecule has 164 valence electrons. The average Bonchev–Trinajstić information content (AvgIpc) is 2.77. The summed E-state index contributed by atoms with van der Waals surface area (Å²) in [7, 11) is -1.12. The van der Waals surface area contributed by atoms with Crippen LogP contribution in [-0.4, -0.2) is 45.1 Å². The van der Waals surface area contributed by atoms with Crippen LogP contribution in [0.25, 0.3) is 0 Å². The molecule has 0 unspecified atom stereocenters. The van der Waals surface area contributed by atoms with Crippen LogP contribution < -0.4 is 5.32 Å². The monoisotopic (exact) mass is 430 g/mol. The van der Waals surface area contributed by atoms with Gasteiger partial charge in [-0.1, -0.05) is 55.0 Å². The van der Waals surface area contributed by atoms with Gasteiger partial charge in [0, 0.05) is 25.6 Å². The molecule has 0 heterocycles. The van der Waals surface area contributed by atoms with Crippen LogP contribution in [0.15, 0.2) is 65.6 Å². The highest BCUT2D eigenvalue weighted by molar-refractivity contribution is 7.91. The summed E-state index contributed by atoms with van der Waals surface area (Å²) in [5.74, 6) is 0.171. The number of nitrogens with zero attached hydrogens (tertiary/aromatic N) is 1. The minimum Gasteiger partial charge on any atom is -0.356 e. The van der Waals surface area contributed by atoms with Gasteiger partial charge in [0.05, 0.1) is 10.6 Å². The number of nitrogens with one attached hydrogen (secondary N) is 1. The molecule has 0 aromatic heterocycles. The Hall–Kier alpha value is -2.18. The van der Waals surface area contributed by atoms with Crippen LogP contribution in [0, 0.1) is 0 Å². The minimum atomic E-state index is -3.22. The normalized spacial score (nSPS) is 12.6. The third-order valence-corrected chi connectivity index (χ3v) is 7.19. The molecule has 5 nitrogen and oxygen atoms in total. The van der Waals surface area contributed by atoms with E-state index in [1.807, 2.05) is 6.07 Å². The summed E-state index contributed by atoms with van der Waals surface area (Å²) in [4.78, 5) is 14.6. The van der Waals surface area contributed by atoms with Crippen molar-refractivity contribution in [1.29, 1.82) is 0 Å². The lowest BCUT2D eigenvalue weighted by atomic mass is 10.1. The van der Waals surface area contributed by atoms with Gasteiger partial charge in [0.25, 0.3) is 0 Å². The largest absolute Gasteiger partial charge is 0.356 e. The summed E-state index contributed by atoms with van der Waals surface area (Å²) in [5.41, 5.74) is 1.29. The lowest BCUT2D eigenvalue weighted by Gasteiger charge is -2.25. The van der Waals surface area contributed by atoms with E-state index in [1.54, 1.807) is 30.3 Å². The van der Waals surface area contributed by atoms with E-state index in [4.69, 9.17) is 0 Å². The van der Waals surface area contributed by atoms with Crippen LogP contribution in [0.2, 0.25) is 0 Å². The van der Waals surface area contributed by atoms with E-state index in [9.17, 15) is 13.2 Å². The quantitative estimate of drug-likeness (QED) is 0.483. The van der Waals surface area contributed by atoms with Gasteiger partial charge < -0.3 is 5.32 Å². The molecule has 0 radical (unpaired) electrons. The van der Waals surface area contributed by atoms with Crippen molar-refractivity contribution in [3.8, 4) is 0 Å². The van der Waals surface area contributed by atoms with Crippen molar-refractivity contribution in [2.75, 3.05) is 25.9 Å². The van der Waals surface area contributed by atoms with Crippen molar-refractivity contribution in [2.24, 2.45) is 0 Å². The molecule has 0 aliphatic rings. The van der Waals surface area contributed by atoms with Gasteiger partial charge in [-0.2, -0.15) is 0 Å². The van der Waals surface area contributed by atoms with Gasteiger partial charge in [0.15, 0.2) is 9.84 Å². The van der Waals surface area contributed by atoms with Crippen molar-refractivity contribution >= 4 is 15.7 Å². The Balaban J connectivity index is 1.54. The molecule has 0 aliphatic carbocycles. The number of carbonyl (C=O) groups excluding carboxylic acids is 1. The van der Waals surface area contributed by atoms with Gasteiger partial charge in [0.1, 0.15) is 0 Å². The topological polar surface area (TPSA) is 66.5 Å².